The van der Waals surface area contributed by atoms with E-state index in [-0.39, 0.29) is 5.91 Å². The third kappa shape index (κ3) is 3.52. The second-order valence-electron chi connectivity index (χ2n) is 4.24. The lowest BCUT2D eigenvalue weighted by Gasteiger charge is -2.11. The van der Waals surface area contributed by atoms with Gasteiger partial charge in [0.15, 0.2) is 0 Å². The largest absolute Gasteiger partial charge is 0.321 e. The van der Waals surface area contributed by atoms with Crippen LogP contribution in [0, 0.1) is 6.92 Å². The first-order chi connectivity index (χ1) is 9.08. The predicted molar refractivity (Wildman–Crippen MR) is 81.2 cm³/mol. The van der Waals surface area contributed by atoms with Crippen molar-refractivity contribution in [1.82, 2.24) is 0 Å². The van der Waals surface area contributed by atoms with Gasteiger partial charge in [-0.05, 0) is 35.6 Å². The molecular formula is C14H15NO2S2. The molecule has 100 valence electrons. The van der Waals surface area contributed by atoms with Gasteiger partial charge in [0, 0.05) is 28.5 Å². The highest BCUT2D eigenvalue weighted by Gasteiger charge is 2.10. The highest BCUT2D eigenvalue weighted by Crippen LogP contribution is 2.21. The maximum atomic E-state index is 12.0. The Hall–Kier alpha value is -1.46. The molecule has 1 atom stereocenters. The summed E-state index contributed by atoms with van der Waals surface area (Å²) in [6.07, 6.45) is 1.68. The number of rotatable bonds is 4. The van der Waals surface area contributed by atoms with Crippen LogP contribution in [-0.4, -0.2) is 16.4 Å². The van der Waals surface area contributed by atoms with Crippen LogP contribution in [0.3, 0.4) is 0 Å². The van der Waals surface area contributed by atoms with Crippen LogP contribution in [0.5, 0.6) is 0 Å². The molecule has 1 N–H and O–H groups in total. The minimum atomic E-state index is -0.888. The number of carbonyl (C=O) groups excluding carboxylic acids is 1. The van der Waals surface area contributed by atoms with Crippen LogP contribution in [0.2, 0.25) is 0 Å². The molecule has 0 saturated heterocycles. The zero-order valence-corrected chi connectivity index (χ0v) is 12.4. The van der Waals surface area contributed by atoms with E-state index >= 15 is 0 Å². The molecule has 0 radical (unpaired) electrons. The van der Waals surface area contributed by atoms with Crippen molar-refractivity contribution in [2.45, 2.75) is 12.7 Å². The Kier molecular flexibility index (Phi) is 4.50. The topological polar surface area (TPSA) is 46.2 Å². The van der Waals surface area contributed by atoms with Gasteiger partial charge in [-0.3, -0.25) is 9.00 Å². The summed E-state index contributed by atoms with van der Waals surface area (Å²) in [5.41, 5.74) is 2.76. The molecule has 1 amide bonds. The Morgan fingerprint density at radius 2 is 2.11 bits per heavy atom. The standard InChI is InChI=1S/C14H15NO2S2/c1-10-11(9-19(2)17)5-3-6-12(10)15-14(16)13-7-4-8-18-13/h3-8H,9H2,1-2H3,(H,15,16)/t19-/m0/s1. The normalized spacial score (nSPS) is 12.1. The molecule has 19 heavy (non-hydrogen) atoms. The third-order valence-corrected chi connectivity index (χ3v) is 4.38. The van der Waals surface area contributed by atoms with E-state index in [0.717, 1.165) is 16.8 Å². The minimum Gasteiger partial charge on any atom is -0.321 e. The van der Waals surface area contributed by atoms with Gasteiger partial charge < -0.3 is 5.32 Å². The zero-order chi connectivity index (χ0) is 13.8. The monoisotopic (exact) mass is 293 g/mol. The molecule has 0 aliphatic rings. The van der Waals surface area contributed by atoms with Crippen LogP contribution < -0.4 is 5.32 Å². The highest BCUT2D eigenvalue weighted by molar-refractivity contribution is 7.83. The fourth-order valence-corrected chi connectivity index (χ4v) is 3.16. The molecule has 0 saturated carbocycles. The van der Waals surface area contributed by atoms with E-state index in [9.17, 15) is 9.00 Å². The van der Waals surface area contributed by atoms with E-state index in [0.29, 0.717) is 10.6 Å². The fraction of sp³-hybridized carbons (Fsp3) is 0.214. The Morgan fingerprint density at radius 1 is 1.32 bits per heavy atom. The molecule has 2 rings (SSSR count). The first kappa shape index (κ1) is 14.0. The molecule has 0 spiro atoms. The number of anilines is 1. The zero-order valence-electron chi connectivity index (χ0n) is 10.8. The fourth-order valence-electron chi connectivity index (χ4n) is 1.79. The Bertz CT molecular complexity index is 606. The molecule has 1 heterocycles. The quantitative estimate of drug-likeness (QED) is 0.941. The van der Waals surface area contributed by atoms with E-state index < -0.39 is 10.8 Å². The van der Waals surface area contributed by atoms with Crippen LogP contribution >= 0.6 is 11.3 Å². The molecule has 5 heteroatoms. The molecule has 2 aromatic rings. The van der Waals surface area contributed by atoms with Gasteiger partial charge >= 0.3 is 0 Å². The third-order valence-electron chi connectivity index (χ3n) is 2.80. The first-order valence-corrected chi connectivity index (χ1v) is 8.42. The maximum Gasteiger partial charge on any atom is 0.265 e. The Morgan fingerprint density at radius 3 is 2.74 bits per heavy atom. The number of carbonyl (C=O) groups is 1. The number of nitrogens with one attached hydrogen (secondary N) is 1. The molecule has 1 aromatic heterocycles. The number of amides is 1. The lowest BCUT2D eigenvalue weighted by atomic mass is 10.1. The average molecular weight is 293 g/mol. The number of thiophene rings is 1. The van der Waals surface area contributed by atoms with Crippen LogP contribution in [0.25, 0.3) is 0 Å². The number of hydrogen-bond acceptors (Lipinski definition) is 3. The summed E-state index contributed by atoms with van der Waals surface area (Å²) in [5, 5.41) is 4.77. The highest BCUT2D eigenvalue weighted by atomic mass is 32.2. The van der Waals surface area contributed by atoms with E-state index in [1.165, 1.54) is 11.3 Å². The summed E-state index contributed by atoms with van der Waals surface area (Å²) >= 11 is 1.41. The predicted octanol–water partition coefficient (Wildman–Crippen LogP) is 3.19. The van der Waals surface area contributed by atoms with Crippen molar-refractivity contribution in [3.8, 4) is 0 Å². The second-order valence-corrected chi connectivity index (χ2v) is 6.62. The minimum absolute atomic E-state index is 0.104. The molecule has 0 fully saturated rings. The summed E-state index contributed by atoms with van der Waals surface area (Å²) in [6, 6.07) is 9.32. The van der Waals surface area contributed by atoms with Crippen LogP contribution in [0.1, 0.15) is 20.8 Å². The van der Waals surface area contributed by atoms with Crippen LogP contribution in [0.15, 0.2) is 35.7 Å². The Labute approximate surface area is 119 Å². The van der Waals surface area contributed by atoms with Gasteiger partial charge in [0.1, 0.15) is 0 Å². The maximum absolute atomic E-state index is 12.0. The molecule has 0 aliphatic carbocycles. The van der Waals surface area contributed by atoms with Crippen molar-refractivity contribution >= 4 is 33.7 Å². The molecule has 0 unspecified atom stereocenters. The van der Waals surface area contributed by atoms with E-state index in [4.69, 9.17) is 0 Å². The van der Waals surface area contributed by atoms with Crippen LogP contribution in [0.4, 0.5) is 5.69 Å². The summed E-state index contributed by atoms with van der Waals surface area (Å²) in [4.78, 5) is 12.7. The van der Waals surface area contributed by atoms with Crippen molar-refractivity contribution < 1.29 is 9.00 Å². The lowest BCUT2D eigenvalue weighted by molar-refractivity contribution is 0.103. The number of hydrogen-bond donors (Lipinski definition) is 1. The Balaban J connectivity index is 2.21. The van der Waals surface area contributed by atoms with E-state index in [1.807, 2.05) is 36.6 Å². The van der Waals surface area contributed by atoms with Gasteiger partial charge in [-0.25, -0.2) is 0 Å². The van der Waals surface area contributed by atoms with Crippen molar-refractivity contribution in [1.29, 1.82) is 0 Å². The lowest BCUT2D eigenvalue weighted by Crippen LogP contribution is -2.12. The summed E-state index contributed by atoms with van der Waals surface area (Å²) in [7, 11) is -0.888. The van der Waals surface area contributed by atoms with Gasteiger partial charge in [-0.2, -0.15) is 0 Å². The smallest absolute Gasteiger partial charge is 0.265 e. The van der Waals surface area contributed by atoms with Crippen molar-refractivity contribution in [3.63, 3.8) is 0 Å². The molecular weight excluding hydrogens is 278 g/mol. The van der Waals surface area contributed by atoms with Crippen LogP contribution in [-0.2, 0) is 16.6 Å². The number of benzene rings is 1. The average Bonchev–Trinajstić information content (AvgIpc) is 2.87. The SMILES string of the molecule is Cc1c(C[S@](C)=O)cccc1NC(=O)c1cccs1. The van der Waals surface area contributed by atoms with Gasteiger partial charge in [0.2, 0.25) is 0 Å². The van der Waals surface area contributed by atoms with Crippen molar-refractivity contribution in [2.75, 3.05) is 11.6 Å². The van der Waals surface area contributed by atoms with Gasteiger partial charge in [0.05, 0.1) is 4.88 Å². The van der Waals surface area contributed by atoms with Gasteiger partial charge in [-0.1, -0.05) is 18.2 Å². The van der Waals surface area contributed by atoms with Gasteiger partial charge in [-0.15, -0.1) is 11.3 Å². The van der Waals surface area contributed by atoms with E-state index in [1.54, 1.807) is 12.3 Å². The molecule has 1 aromatic carbocycles. The van der Waals surface area contributed by atoms with Crippen molar-refractivity contribution in [2.24, 2.45) is 0 Å². The molecule has 0 bridgehead atoms. The van der Waals surface area contributed by atoms with Crippen molar-refractivity contribution in [3.05, 3.63) is 51.7 Å². The summed E-state index contributed by atoms with van der Waals surface area (Å²) in [6.45, 7) is 1.94. The summed E-state index contributed by atoms with van der Waals surface area (Å²) in [5.74, 6) is 0.405. The van der Waals surface area contributed by atoms with Gasteiger partial charge in [0.25, 0.3) is 5.91 Å². The molecule has 3 nitrogen and oxygen atoms in total. The van der Waals surface area contributed by atoms with E-state index in [2.05, 4.69) is 5.32 Å². The first-order valence-electron chi connectivity index (χ1n) is 5.81. The molecule has 0 aliphatic heterocycles. The summed E-state index contributed by atoms with van der Waals surface area (Å²) < 4.78 is 11.3. The second kappa shape index (κ2) is 6.12.